The minimum Gasteiger partial charge on any atom is -0.459 e. The van der Waals surface area contributed by atoms with Crippen molar-refractivity contribution in [3.63, 3.8) is 0 Å². The maximum atomic E-state index is 13.5. The Kier molecular flexibility index (Phi) is 5.79. The highest BCUT2D eigenvalue weighted by Gasteiger charge is 2.46. The Bertz CT molecular complexity index is 1180. The topological polar surface area (TPSA) is 126 Å². The number of ketones is 1. The first-order valence-corrected chi connectivity index (χ1v) is 11.8. The number of ether oxygens (including phenoxy) is 4. The largest absolute Gasteiger partial charge is 0.459 e. The van der Waals surface area contributed by atoms with Crippen molar-refractivity contribution >= 4 is 17.4 Å². The zero-order valence-electron chi connectivity index (χ0n) is 20.0. The highest BCUT2D eigenvalue weighted by atomic mass is 16.7. The molecule has 1 aliphatic carbocycles. The molecular formula is C25H28N2O8. The number of dihydropyridines is 1. The number of nitrogens with zero attached hydrogens (tertiary/aromatic N) is 1. The summed E-state index contributed by atoms with van der Waals surface area (Å²) >= 11 is 0. The van der Waals surface area contributed by atoms with E-state index in [1.165, 1.54) is 12.1 Å². The van der Waals surface area contributed by atoms with Crippen molar-refractivity contribution < 1.29 is 33.5 Å². The van der Waals surface area contributed by atoms with Crippen LogP contribution in [0.4, 0.5) is 5.69 Å². The number of carbonyl (C=O) groups excluding carboxylic acids is 2. The highest BCUT2D eigenvalue weighted by Crippen LogP contribution is 2.51. The zero-order chi connectivity index (χ0) is 24.9. The predicted molar refractivity (Wildman–Crippen MR) is 123 cm³/mol. The number of fused-ring (bicyclic) bond motifs is 1. The summed E-state index contributed by atoms with van der Waals surface area (Å²) in [4.78, 5) is 38.5. The average molecular weight is 485 g/mol. The molecule has 10 heteroatoms. The Morgan fingerprint density at radius 2 is 2.00 bits per heavy atom. The monoisotopic (exact) mass is 484 g/mol. The first kappa shape index (κ1) is 23.3. The number of benzene rings is 1. The van der Waals surface area contributed by atoms with Gasteiger partial charge in [-0.2, -0.15) is 0 Å². The number of rotatable bonds is 5. The molecule has 5 rings (SSSR count). The standard InChI is InChI=1S/C25H28N2O8/c1-13-21(24(29)33-11-14-5-4-6-32-14)22(23-16(26-13)9-25(2,3)10-18(23)28)15-7-19-20(35-12-34-19)8-17(15)27(30)31/h7-8,14,22,26H,4-6,9-12H2,1-3H3. The third-order valence-electron chi connectivity index (χ3n) is 6.91. The van der Waals surface area contributed by atoms with Crippen LogP contribution in [0.5, 0.6) is 11.5 Å². The molecule has 0 radical (unpaired) electrons. The Hall–Kier alpha value is -3.40. The molecular weight excluding hydrogens is 456 g/mol. The molecule has 0 saturated carbocycles. The number of hydrogen-bond donors (Lipinski definition) is 1. The highest BCUT2D eigenvalue weighted by molar-refractivity contribution is 6.04. The number of hydrogen-bond acceptors (Lipinski definition) is 9. The fraction of sp³-hybridized carbons (Fsp3) is 0.520. The van der Waals surface area contributed by atoms with Crippen molar-refractivity contribution in [3.05, 3.63) is 50.4 Å². The molecule has 3 heterocycles. The van der Waals surface area contributed by atoms with Crippen LogP contribution in [0.1, 0.15) is 57.9 Å². The molecule has 0 bridgehead atoms. The van der Waals surface area contributed by atoms with Crippen molar-refractivity contribution in [2.24, 2.45) is 5.41 Å². The maximum absolute atomic E-state index is 13.5. The Morgan fingerprint density at radius 1 is 1.26 bits per heavy atom. The summed E-state index contributed by atoms with van der Waals surface area (Å²) in [6.45, 7) is 6.37. The number of nitro benzene ring substituents is 1. The van der Waals surface area contributed by atoms with E-state index in [9.17, 15) is 19.7 Å². The molecule has 2 atom stereocenters. The third kappa shape index (κ3) is 4.27. The molecule has 0 aromatic heterocycles. The fourth-order valence-electron chi connectivity index (χ4n) is 5.38. The lowest BCUT2D eigenvalue weighted by Crippen LogP contribution is -2.39. The molecule has 3 aliphatic heterocycles. The molecule has 0 spiro atoms. The third-order valence-corrected chi connectivity index (χ3v) is 6.91. The van der Waals surface area contributed by atoms with Crippen LogP contribution in [0.2, 0.25) is 0 Å². The van der Waals surface area contributed by atoms with Gasteiger partial charge in [-0.25, -0.2) is 4.79 Å². The lowest BCUT2D eigenvalue weighted by molar-refractivity contribution is -0.385. The molecule has 1 aromatic carbocycles. The molecule has 1 aromatic rings. The summed E-state index contributed by atoms with van der Waals surface area (Å²) in [5.74, 6) is -1.17. The van der Waals surface area contributed by atoms with Gasteiger partial charge in [0.25, 0.3) is 5.69 Å². The summed E-state index contributed by atoms with van der Waals surface area (Å²) in [6, 6.07) is 2.80. The van der Waals surface area contributed by atoms with E-state index >= 15 is 0 Å². The molecule has 186 valence electrons. The second-order valence-corrected chi connectivity index (χ2v) is 10.2. The van der Waals surface area contributed by atoms with Crippen LogP contribution in [0.3, 0.4) is 0 Å². The van der Waals surface area contributed by atoms with Crippen LogP contribution in [-0.4, -0.2) is 42.8 Å². The van der Waals surface area contributed by atoms with E-state index in [4.69, 9.17) is 18.9 Å². The van der Waals surface area contributed by atoms with E-state index in [2.05, 4.69) is 5.32 Å². The van der Waals surface area contributed by atoms with Crippen molar-refractivity contribution in [1.29, 1.82) is 0 Å². The molecule has 35 heavy (non-hydrogen) atoms. The van der Waals surface area contributed by atoms with Gasteiger partial charge in [-0.1, -0.05) is 13.8 Å². The van der Waals surface area contributed by atoms with Gasteiger partial charge in [-0.3, -0.25) is 14.9 Å². The molecule has 2 unspecified atom stereocenters. The van der Waals surface area contributed by atoms with Gasteiger partial charge in [0.1, 0.15) is 6.61 Å². The first-order chi connectivity index (χ1) is 16.6. The normalized spacial score (nSPS) is 24.8. The number of carbonyl (C=O) groups is 2. The Balaban J connectivity index is 1.63. The van der Waals surface area contributed by atoms with Crippen LogP contribution in [0.25, 0.3) is 0 Å². The SMILES string of the molecule is CC1=C(C(=O)OCC2CCCO2)C(c2cc3c(cc2[N+](=O)[O-])OCO3)C2=C(CC(C)(C)CC2=O)N1. The van der Waals surface area contributed by atoms with Crippen molar-refractivity contribution in [3.8, 4) is 11.5 Å². The van der Waals surface area contributed by atoms with Crippen LogP contribution >= 0.6 is 0 Å². The van der Waals surface area contributed by atoms with Gasteiger partial charge in [0.15, 0.2) is 17.3 Å². The number of nitrogens with one attached hydrogen (secondary N) is 1. The minimum atomic E-state index is -0.971. The van der Waals surface area contributed by atoms with Gasteiger partial charge >= 0.3 is 5.97 Å². The molecule has 1 fully saturated rings. The number of nitro groups is 1. The van der Waals surface area contributed by atoms with Crippen LogP contribution < -0.4 is 14.8 Å². The van der Waals surface area contributed by atoms with Crippen molar-refractivity contribution in [2.75, 3.05) is 20.0 Å². The van der Waals surface area contributed by atoms with Crippen LogP contribution in [0, 0.1) is 15.5 Å². The van der Waals surface area contributed by atoms with Crippen LogP contribution in [-0.2, 0) is 19.1 Å². The summed E-state index contributed by atoms with van der Waals surface area (Å²) in [7, 11) is 0. The van der Waals surface area contributed by atoms with E-state index < -0.39 is 16.8 Å². The van der Waals surface area contributed by atoms with Gasteiger partial charge < -0.3 is 24.3 Å². The Morgan fingerprint density at radius 3 is 2.69 bits per heavy atom. The average Bonchev–Trinajstić information content (AvgIpc) is 3.46. The lowest BCUT2D eigenvalue weighted by Gasteiger charge is -2.39. The van der Waals surface area contributed by atoms with Crippen LogP contribution in [0.15, 0.2) is 34.7 Å². The number of allylic oxidation sites excluding steroid dienone is 3. The number of Topliss-reactive ketones (excluding diaryl/α,β-unsaturated/α-hetero) is 1. The van der Waals surface area contributed by atoms with Gasteiger partial charge in [0, 0.05) is 35.6 Å². The summed E-state index contributed by atoms with van der Waals surface area (Å²) in [5.41, 5.74) is 1.39. The fourth-order valence-corrected chi connectivity index (χ4v) is 5.38. The van der Waals surface area contributed by atoms with Gasteiger partial charge in [-0.05, 0) is 37.7 Å². The minimum absolute atomic E-state index is 0.0611. The molecule has 10 nitrogen and oxygen atoms in total. The predicted octanol–water partition coefficient (Wildman–Crippen LogP) is 3.65. The zero-order valence-corrected chi connectivity index (χ0v) is 20.0. The van der Waals surface area contributed by atoms with Crippen molar-refractivity contribution in [1.82, 2.24) is 5.32 Å². The van der Waals surface area contributed by atoms with E-state index in [1.54, 1.807) is 6.92 Å². The summed E-state index contributed by atoms with van der Waals surface area (Å²) < 4.78 is 22.0. The van der Waals surface area contributed by atoms with E-state index in [-0.39, 0.29) is 59.7 Å². The van der Waals surface area contributed by atoms with Gasteiger partial charge in [0.2, 0.25) is 6.79 Å². The van der Waals surface area contributed by atoms with Crippen molar-refractivity contribution in [2.45, 2.75) is 58.5 Å². The molecule has 4 aliphatic rings. The molecule has 1 N–H and O–H groups in total. The summed E-state index contributed by atoms with van der Waals surface area (Å²) in [6.07, 6.45) is 2.35. The Labute approximate surface area is 202 Å². The smallest absolute Gasteiger partial charge is 0.336 e. The second-order valence-electron chi connectivity index (χ2n) is 10.2. The maximum Gasteiger partial charge on any atom is 0.336 e. The summed E-state index contributed by atoms with van der Waals surface area (Å²) in [5, 5.41) is 15.4. The quantitative estimate of drug-likeness (QED) is 0.378. The van der Waals surface area contributed by atoms with Gasteiger partial charge in [0.05, 0.1) is 28.6 Å². The lowest BCUT2D eigenvalue weighted by atomic mass is 9.68. The van der Waals surface area contributed by atoms with E-state index in [1.807, 2.05) is 13.8 Å². The molecule has 1 saturated heterocycles. The van der Waals surface area contributed by atoms with Gasteiger partial charge in [-0.15, -0.1) is 0 Å². The number of esters is 1. The second kappa shape index (κ2) is 8.67. The first-order valence-electron chi connectivity index (χ1n) is 11.8. The van der Waals surface area contributed by atoms with E-state index in [0.717, 1.165) is 12.8 Å². The van der Waals surface area contributed by atoms with E-state index in [0.29, 0.717) is 35.7 Å². The molecule has 0 amide bonds.